The van der Waals surface area contributed by atoms with Gasteiger partial charge >= 0.3 is 0 Å². The topological polar surface area (TPSA) is 41.9 Å². The van der Waals surface area contributed by atoms with Gasteiger partial charge in [0.05, 0.1) is 13.2 Å². The summed E-state index contributed by atoms with van der Waals surface area (Å²) in [6.07, 6.45) is -0.638. The Kier molecular flexibility index (Phi) is 9.09. The number of nitrogens with zero attached hydrogens (tertiary/aromatic N) is 1. The van der Waals surface area contributed by atoms with Crippen molar-refractivity contribution in [1.29, 1.82) is 0 Å². The number of halogens is 1. The Balaban J connectivity index is 0.00000338. The van der Waals surface area contributed by atoms with E-state index < -0.39 is 6.10 Å². The average molecular weight is 380 g/mol. The lowest BCUT2D eigenvalue weighted by Gasteiger charge is -2.32. The average Bonchev–Trinajstić information content (AvgIpc) is 2.61. The molecule has 0 bridgehead atoms. The molecule has 1 N–H and O–H groups in total. The summed E-state index contributed by atoms with van der Waals surface area (Å²) in [6, 6.07) is 17.6. The summed E-state index contributed by atoms with van der Waals surface area (Å²) >= 11 is 0. The lowest BCUT2D eigenvalue weighted by atomic mass is 10.1. The molecule has 4 nitrogen and oxygen atoms in total. The second-order valence-corrected chi connectivity index (χ2v) is 7.08. The van der Waals surface area contributed by atoms with Crippen LogP contribution in [0.3, 0.4) is 0 Å². The summed E-state index contributed by atoms with van der Waals surface area (Å²) in [5.74, 6) is 0.787. The zero-order valence-corrected chi connectivity index (χ0v) is 16.8. The largest absolute Gasteiger partial charge is 0.489 e. The molecular formula is C21H30ClNO3. The predicted octanol–water partition coefficient (Wildman–Crippen LogP) is 4.08. The molecule has 0 aliphatic carbocycles. The van der Waals surface area contributed by atoms with Gasteiger partial charge in [-0.2, -0.15) is 0 Å². The lowest BCUT2D eigenvalue weighted by Crippen LogP contribution is -2.42. The minimum atomic E-state index is -0.638. The van der Waals surface area contributed by atoms with E-state index in [1.165, 1.54) is 0 Å². The number of benzene rings is 2. The highest BCUT2D eigenvalue weighted by Crippen LogP contribution is 2.20. The molecule has 0 saturated carbocycles. The van der Waals surface area contributed by atoms with E-state index in [2.05, 4.69) is 18.7 Å². The fourth-order valence-electron chi connectivity index (χ4n) is 2.17. The van der Waals surface area contributed by atoms with Crippen LogP contribution in [0.4, 0.5) is 0 Å². The smallest absolute Gasteiger partial charge is 0.119 e. The lowest BCUT2D eigenvalue weighted by molar-refractivity contribution is -0.0100. The van der Waals surface area contributed by atoms with E-state index in [1.54, 1.807) is 0 Å². The molecule has 0 amide bonds. The Hall–Kier alpha value is -1.59. The Morgan fingerprint density at radius 2 is 1.62 bits per heavy atom. The molecule has 0 radical (unpaired) electrons. The number of likely N-dealkylation sites (N-methyl/N-ethyl adjacent to an activating group) is 1. The van der Waals surface area contributed by atoms with Crippen molar-refractivity contribution in [3.8, 4) is 5.75 Å². The molecule has 5 heteroatoms. The molecule has 0 heterocycles. The summed E-state index contributed by atoms with van der Waals surface area (Å²) in [5.41, 5.74) is 1.90. The summed E-state index contributed by atoms with van der Waals surface area (Å²) in [4.78, 5) is 2.11. The van der Waals surface area contributed by atoms with Crippen LogP contribution < -0.4 is 4.74 Å². The molecule has 0 spiro atoms. The molecule has 0 aliphatic rings. The van der Waals surface area contributed by atoms with Gasteiger partial charge in [0.1, 0.15) is 18.5 Å². The summed E-state index contributed by atoms with van der Waals surface area (Å²) in [7, 11) is 4.04. The van der Waals surface area contributed by atoms with E-state index in [-0.39, 0.29) is 24.6 Å². The van der Waals surface area contributed by atoms with Gasteiger partial charge in [-0.1, -0.05) is 42.5 Å². The van der Waals surface area contributed by atoms with E-state index in [4.69, 9.17) is 9.47 Å². The molecular weight excluding hydrogens is 350 g/mol. The molecule has 1 atom stereocenters. The van der Waals surface area contributed by atoms with Crippen LogP contribution in [-0.2, 0) is 11.3 Å². The molecule has 0 saturated heterocycles. The third-order valence-electron chi connectivity index (χ3n) is 4.45. The Labute approximate surface area is 163 Å². The molecule has 0 aromatic heterocycles. The summed E-state index contributed by atoms with van der Waals surface area (Å²) < 4.78 is 11.4. The van der Waals surface area contributed by atoms with Crippen molar-refractivity contribution in [2.45, 2.75) is 32.1 Å². The molecule has 0 aliphatic heterocycles. The fraction of sp³-hybridized carbons (Fsp3) is 0.429. The van der Waals surface area contributed by atoms with Gasteiger partial charge in [-0.15, -0.1) is 12.4 Å². The number of aliphatic hydroxyl groups is 1. The normalized spacial score (nSPS) is 12.5. The van der Waals surface area contributed by atoms with E-state index in [0.29, 0.717) is 13.2 Å². The van der Waals surface area contributed by atoms with Crippen molar-refractivity contribution >= 4 is 12.4 Å². The van der Waals surface area contributed by atoms with Crippen LogP contribution >= 0.6 is 12.4 Å². The van der Waals surface area contributed by atoms with Crippen molar-refractivity contribution in [2.24, 2.45) is 0 Å². The third-order valence-corrected chi connectivity index (χ3v) is 4.45. The number of hydrogen-bond donors (Lipinski definition) is 1. The van der Waals surface area contributed by atoms with Crippen LogP contribution in [0.5, 0.6) is 5.75 Å². The van der Waals surface area contributed by atoms with Gasteiger partial charge in [0.25, 0.3) is 0 Å². The number of hydrogen-bond acceptors (Lipinski definition) is 4. The second kappa shape index (κ2) is 10.5. The van der Waals surface area contributed by atoms with E-state index >= 15 is 0 Å². The van der Waals surface area contributed by atoms with Crippen LogP contribution in [0.2, 0.25) is 0 Å². The van der Waals surface area contributed by atoms with Crippen molar-refractivity contribution in [3.63, 3.8) is 0 Å². The van der Waals surface area contributed by atoms with Gasteiger partial charge in [0, 0.05) is 5.54 Å². The zero-order valence-electron chi connectivity index (χ0n) is 16.0. The van der Waals surface area contributed by atoms with Crippen LogP contribution in [0.25, 0.3) is 0 Å². The quantitative estimate of drug-likeness (QED) is 0.712. The van der Waals surface area contributed by atoms with Crippen molar-refractivity contribution in [1.82, 2.24) is 4.90 Å². The summed E-state index contributed by atoms with van der Waals surface area (Å²) in [6.45, 7) is 5.60. The number of rotatable bonds is 9. The van der Waals surface area contributed by atoms with Crippen LogP contribution in [0.1, 0.15) is 31.1 Å². The third kappa shape index (κ3) is 6.96. The van der Waals surface area contributed by atoms with Gasteiger partial charge in [-0.05, 0) is 51.2 Å². The predicted molar refractivity (Wildman–Crippen MR) is 108 cm³/mol. The molecule has 144 valence electrons. The van der Waals surface area contributed by atoms with E-state index in [1.807, 2.05) is 68.7 Å². The highest BCUT2D eigenvalue weighted by Gasteiger charge is 2.21. The fourth-order valence-corrected chi connectivity index (χ4v) is 2.17. The number of ether oxygens (including phenoxy) is 2. The SMILES string of the molecule is CN(C)C(C)(C)COCC(O)c1ccc(OCc2ccccc2)cc1.Cl. The Bertz CT molecular complexity index is 629. The first kappa shape index (κ1) is 22.5. The molecule has 2 rings (SSSR count). The highest BCUT2D eigenvalue weighted by atomic mass is 35.5. The van der Waals surface area contributed by atoms with Crippen molar-refractivity contribution in [3.05, 3.63) is 65.7 Å². The molecule has 2 aromatic carbocycles. The van der Waals surface area contributed by atoms with Gasteiger partial charge in [-0.3, -0.25) is 0 Å². The second-order valence-electron chi connectivity index (χ2n) is 7.08. The zero-order chi connectivity index (χ0) is 18.3. The Morgan fingerprint density at radius 1 is 1.00 bits per heavy atom. The molecule has 26 heavy (non-hydrogen) atoms. The van der Waals surface area contributed by atoms with Crippen molar-refractivity contribution < 1.29 is 14.6 Å². The standard InChI is InChI=1S/C21H29NO3.ClH/c1-21(2,22(3)4)16-24-15-20(23)18-10-12-19(13-11-18)25-14-17-8-6-5-7-9-17;/h5-13,20,23H,14-16H2,1-4H3;1H. The van der Waals surface area contributed by atoms with Gasteiger partial charge in [0.2, 0.25) is 0 Å². The van der Waals surface area contributed by atoms with Crippen molar-refractivity contribution in [2.75, 3.05) is 27.3 Å². The summed E-state index contributed by atoms with van der Waals surface area (Å²) in [5, 5.41) is 10.3. The van der Waals surface area contributed by atoms with Crippen LogP contribution in [0.15, 0.2) is 54.6 Å². The minimum absolute atomic E-state index is 0. The first-order valence-corrected chi connectivity index (χ1v) is 8.58. The van der Waals surface area contributed by atoms with E-state index in [0.717, 1.165) is 16.9 Å². The molecule has 1 unspecified atom stereocenters. The monoisotopic (exact) mass is 379 g/mol. The van der Waals surface area contributed by atoms with Crippen LogP contribution in [-0.4, -0.2) is 42.9 Å². The van der Waals surface area contributed by atoms with Gasteiger partial charge in [-0.25, -0.2) is 0 Å². The maximum Gasteiger partial charge on any atom is 0.119 e. The highest BCUT2D eigenvalue weighted by molar-refractivity contribution is 5.85. The minimum Gasteiger partial charge on any atom is -0.489 e. The maximum atomic E-state index is 10.3. The molecule has 0 fully saturated rings. The van der Waals surface area contributed by atoms with Gasteiger partial charge in [0.15, 0.2) is 0 Å². The molecule has 2 aromatic rings. The number of aliphatic hydroxyl groups excluding tert-OH is 1. The Morgan fingerprint density at radius 3 is 2.19 bits per heavy atom. The first-order chi connectivity index (χ1) is 11.9. The van der Waals surface area contributed by atoms with Crippen LogP contribution in [0, 0.1) is 0 Å². The van der Waals surface area contributed by atoms with Gasteiger partial charge < -0.3 is 19.5 Å². The first-order valence-electron chi connectivity index (χ1n) is 8.58. The van der Waals surface area contributed by atoms with E-state index in [9.17, 15) is 5.11 Å². The maximum absolute atomic E-state index is 10.3.